The fraction of sp³-hybridized carbons (Fsp3) is 0.176. The maximum Gasteiger partial charge on any atom is 0.429 e. The zero-order valence-corrected chi connectivity index (χ0v) is 14.5. The number of thioether (sulfide) groups is 1. The van der Waals surface area contributed by atoms with Crippen molar-refractivity contribution in [1.29, 1.82) is 0 Å². The summed E-state index contributed by atoms with van der Waals surface area (Å²) in [5.74, 6) is 0. The molecule has 0 saturated heterocycles. The second-order valence-corrected chi connectivity index (χ2v) is 6.94. The topological polar surface area (TPSA) is 32.7 Å². The molecule has 0 radical (unpaired) electrons. The summed E-state index contributed by atoms with van der Waals surface area (Å²) in [5.41, 5.74) is 0.861. The zero-order valence-electron chi connectivity index (χ0n) is 12.9. The molecule has 2 aromatic carbocycles. The van der Waals surface area contributed by atoms with Gasteiger partial charge in [0.15, 0.2) is 0 Å². The normalized spacial score (nSPS) is 17.1. The third-order valence-corrected chi connectivity index (χ3v) is 4.96. The third-order valence-electron chi connectivity index (χ3n) is 3.58. The summed E-state index contributed by atoms with van der Waals surface area (Å²) in [4.78, 5) is 16.5. The molecule has 0 N–H and O–H groups in total. The number of rotatable bonds is 3. The second kappa shape index (κ2) is 6.72. The molecule has 130 valence electrons. The van der Waals surface area contributed by atoms with E-state index in [0.29, 0.717) is 20.0 Å². The number of carbonyl (C=O) groups excluding carboxylic acids is 1. The van der Waals surface area contributed by atoms with E-state index in [1.54, 1.807) is 36.4 Å². The predicted octanol–water partition coefficient (Wildman–Crippen LogP) is 3.49. The van der Waals surface area contributed by atoms with E-state index >= 15 is 0 Å². The molecule has 1 aliphatic heterocycles. The van der Waals surface area contributed by atoms with E-state index < -0.39 is 12.3 Å². The summed E-state index contributed by atoms with van der Waals surface area (Å²) < 4.78 is 40.1. The number of aryl methyl sites for hydroxylation is 1. The van der Waals surface area contributed by atoms with Gasteiger partial charge >= 0.3 is 6.18 Å². The molecule has 1 aliphatic rings. The average Bonchev–Trinajstić information content (AvgIpc) is 2.56. The lowest BCUT2D eigenvalue weighted by molar-refractivity contribution is -0.175. The van der Waals surface area contributed by atoms with Crippen molar-refractivity contribution in [2.75, 3.05) is 0 Å². The van der Waals surface area contributed by atoms with Crippen LogP contribution in [0.15, 0.2) is 52.4 Å². The van der Waals surface area contributed by atoms with Gasteiger partial charge in [0.1, 0.15) is 0 Å². The van der Waals surface area contributed by atoms with E-state index in [1.807, 2.05) is 6.92 Å². The molecule has 0 saturated carbocycles. The highest BCUT2D eigenvalue weighted by Gasteiger charge is 2.46. The highest BCUT2D eigenvalue weighted by Crippen LogP contribution is 2.36. The number of hydrogen-bond acceptors (Lipinski definition) is 3. The maximum absolute atomic E-state index is 13.4. The minimum absolute atomic E-state index is 0.172. The lowest BCUT2D eigenvalue weighted by Crippen LogP contribution is -2.50. The van der Waals surface area contributed by atoms with E-state index in [0.717, 1.165) is 17.3 Å². The number of halogens is 4. The predicted molar refractivity (Wildman–Crippen MR) is 90.4 cm³/mol. The molecule has 1 heterocycles. The SMILES string of the molecule is Cc1ccc2c(c1)=C(Sc1ccc(Cl)cc1)N(C=O)C(C(F)(F)F)N=2. The van der Waals surface area contributed by atoms with Gasteiger partial charge in [-0.15, -0.1) is 0 Å². The van der Waals surface area contributed by atoms with Crippen LogP contribution in [0.25, 0.3) is 5.03 Å². The summed E-state index contributed by atoms with van der Waals surface area (Å²) >= 11 is 6.92. The molecule has 3 rings (SSSR count). The van der Waals surface area contributed by atoms with Crippen LogP contribution in [0.5, 0.6) is 0 Å². The van der Waals surface area contributed by atoms with Gasteiger partial charge in [-0.3, -0.25) is 9.69 Å². The number of amides is 1. The van der Waals surface area contributed by atoms with Crippen molar-refractivity contribution in [3.8, 4) is 0 Å². The minimum Gasteiger partial charge on any atom is -0.278 e. The molecular weight excluding hydrogens is 373 g/mol. The number of nitrogens with zero attached hydrogens (tertiary/aromatic N) is 2. The standard InChI is InChI=1S/C17H12ClF3N2OS/c1-10-2-7-14-13(8-10)15(25-12-5-3-11(18)4-6-12)23(9-24)16(22-14)17(19,20)21/h2-9,16H,1H3. The zero-order chi connectivity index (χ0) is 18.2. The van der Waals surface area contributed by atoms with Gasteiger partial charge in [0.05, 0.1) is 10.4 Å². The third kappa shape index (κ3) is 3.67. The Morgan fingerprint density at radius 3 is 2.48 bits per heavy atom. The Kier molecular flexibility index (Phi) is 4.79. The Morgan fingerprint density at radius 1 is 1.20 bits per heavy atom. The molecule has 2 aromatic rings. The Labute approximate surface area is 150 Å². The average molecular weight is 385 g/mol. The lowest BCUT2D eigenvalue weighted by Gasteiger charge is -2.31. The van der Waals surface area contributed by atoms with Crippen molar-refractivity contribution in [1.82, 2.24) is 4.90 Å². The maximum atomic E-state index is 13.4. The van der Waals surface area contributed by atoms with Crippen LogP contribution in [0.3, 0.4) is 0 Å². The van der Waals surface area contributed by atoms with Crippen molar-refractivity contribution < 1.29 is 18.0 Å². The highest BCUT2D eigenvalue weighted by molar-refractivity contribution is 8.07. The summed E-state index contributed by atoms with van der Waals surface area (Å²) in [6, 6.07) is 11.6. The van der Waals surface area contributed by atoms with Crippen molar-refractivity contribution >= 4 is 34.8 Å². The van der Waals surface area contributed by atoms with Crippen molar-refractivity contribution in [2.45, 2.75) is 24.2 Å². The van der Waals surface area contributed by atoms with Crippen LogP contribution >= 0.6 is 23.4 Å². The summed E-state index contributed by atoms with van der Waals surface area (Å²) in [6.07, 6.45) is -6.74. The summed E-state index contributed by atoms with van der Waals surface area (Å²) in [6.45, 7) is 1.83. The number of fused-ring (bicyclic) bond motifs is 1. The van der Waals surface area contributed by atoms with Gasteiger partial charge in [-0.05, 0) is 43.3 Å². The van der Waals surface area contributed by atoms with Crippen LogP contribution in [0.2, 0.25) is 5.02 Å². The molecule has 1 unspecified atom stereocenters. The smallest absolute Gasteiger partial charge is 0.278 e. The fourth-order valence-corrected chi connectivity index (χ4v) is 3.58. The van der Waals surface area contributed by atoms with Crippen LogP contribution in [0, 0.1) is 6.92 Å². The van der Waals surface area contributed by atoms with E-state index in [1.165, 1.54) is 6.07 Å². The Morgan fingerprint density at radius 2 is 1.88 bits per heavy atom. The minimum atomic E-state index is -4.67. The van der Waals surface area contributed by atoms with E-state index in [9.17, 15) is 18.0 Å². The molecule has 25 heavy (non-hydrogen) atoms. The first-order valence-corrected chi connectivity index (χ1v) is 8.41. The number of carbonyl (C=O) groups is 1. The molecule has 8 heteroatoms. The molecule has 1 atom stereocenters. The highest BCUT2D eigenvalue weighted by atomic mass is 35.5. The van der Waals surface area contributed by atoms with Gasteiger partial charge in [-0.1, -0.05) is 35.0 Å². The molecule has 0 aromatic heterocycles. The van der Waals surface area contributed by atoms with Crippen molar-refractivity contribution in [3.63, 3.8) is 0 Å². The number of hydrogen-bond donors (Lipinski definition) is 0. The Bertz CT molecular complexity index is 928. The number of alkyl halides is 3. The Balaban J connectivity index is 2.21. The molecular formula is C17H12ClF3N2OS. The summed E-state index contributed by atoms with van der Waals surface area (Å²) in [7, 11) is 0. The first kappa shape index (κ1) is 17.8. The summed E-state index contributed by atoms with van der Waals surface area (Å²) in [5, 5.41) is 1.41. The van der Waals surface area contributed by atoms with Gasteiger partial charge in [-0.2, -0.15) is 13.2 Å². The largest absolute Gasteiger partial charge is 0.429 e. The second-order valence-electron chi connectivity index (χ2n) is 5.44. The molecule has 0 aliphatic carbocycles. The van der Waals surface area contributed by atoms with Crippen LogP contribution in [0.1, 0.15) is 5.56 Å². The van der Waals surface area contributed by atoms with Crippen LogP contribution in [-0.4, -0.2) is 23.7 Å². The first-order valence-electron chi connectivity index (χ1n) is 7.22. The van der Waals surface area contributed by atoms with Crippen molar-refractivity contribution in [2.24, 2.45) is 4.99 Å². The molecule has 3 nitrogen and oxygen atoms in total. The molecule has 0 spiro atoms. The first-order chi connectivity index (χ1) is 11.8. The molecule has 1 amide bonds. The monoisotopic (exact) mass is 384 g/mol. The van der Waals surface area contributed by atoms with E-state index in [-0.39, 0.29) is 16.8 Å². The van der Waals surface area contributed by atoms with E-state index in [4.69, 9.17) is 11.6 Å². The van der Waals surface area contributed by atoms with Crippen LogP contribution in [0.4, 0.5) is 13.2 Å². The van der Waals surface area contributed by atoms with Crippen LogP contribution in [-0.2, 0) is 4.79 Å². The fourth-order valence-electron chi connectivity index (χ4n) is 2.44. The van der Waals surface area contributed by atoms with Gasteiger partial charge in [0.2, 0.25) is 12.6 Å². The molecule has 0 bridgehead atoms. The van der Waals surface area contributed by atoms with Gasteiger partial charge < -0.3 is 0 Å². The Hall–Kier alpha value is -1.99. The van der Waals surface area contributed by atoms with Gasteiger partial charge in [-0.25, -0.2) is 4.99 Å². The molecule has 0 fully saturated rings. The quantitative estimate of drug-likeness (QED) is 0.759. The lowest BCUT2D eigenvalue weighted by atomic mass is 10.2. The number of benzene rings is 2. The van der Waals surface area contributed by atoms with Gasteiger partial charge in [0.25, 0.3) is 0 Å². The van der Waals surface area contributed by atoms with Crippen molar-refractivity contribution in [3.05, 3.63) is 63.6 Å². The van der Waals surface area contributed by atoms with E-state index in [2.05, 4.69) is 4.99 Å². The van der Waals surface area contributed by atoms with Crippen LogP contribution < -0.4 is 10.6 Å². The van der Waals surface area contributed by atoms with Gasteiger partial charge in [0, 0.05) is 15.1 Å².